The summed E-state index contributed by atoms with van der Waals surface area (Å²) in [5.74, 6) is 0.744. The van der Waals surface area contributed by atoms with E-state index in [0.717, 1.165) is 34.5 Å². The first-order valence-electron chi connectivity index (χ1n) is 7.18. The van der Waals surface area contributed by atoms with Crippen molar-refractivity contribution in [2.75, 3.05) is 0 Å². The molecule has 0 aliphatic carbocycles. The largest absolute Gasteiger partial charge is 0.284 e. The molecular weight excluding hydrogens is 258 g/mol. The summed E-state index contributed by atoms with van der Waals surface area (Å²) in [4.78, 5) is 9.28. The van der Waals surface area contributed by atoms with Crippen molar-refractivity contribution in [1.29, 1.82) is 0 Å². The van der Waals surface area contributed by atoms with Gasteiger partial charge in [-0.05, 0) is 30.2 Å². The predicted octanol–water partition coefficient (Wildman–Crippen LogP) is 4.11. The van der Waals surface area contributed by atoms with Crippen LogP contribution in [-0.2, 0) is 6.42 Å². The van der Waals surface area contributed by atoms with Gasteiger partial charge < -0.3 is 0 Å². The van der Waals surface area contributed by atoms with E-state index in [9.17, 15) is 0 Å². The van der Waals surface area contributed by atoms with Gasteiger partial charge in [0.15, 0.2) is 0 Å². The topological polar surface area (TPSA) is 30.2 Å². The van der Waals surface area contributed by atoms with Crippen molar-refractivity contribution in [1.82, 2.24) is 14.4 Å². The van der Waals surface area contributed by atoms with Gasteiger partial charge in [0, 0.05) is 11.8 Å². The Bertz CT molecular complexity index is 920. The molecule has 2 heterocycles. The summed E-state index contributed by atoms with van der Waals surface area (Å²) in [6, 6.07) is 18.7. The van der Waals surface area contributed by atoms with E-state index >= 15 is 0 Å². The van der Waals surface area contributed by atoms with Gasteiger partial charge in [0.05, 0.1) is 16.7 Å². The van der Waals surface area contributed by atoms with Crippen LogP contribution in [0.2, 0.25) is 0 Å². The summed E-state index contributed by atoms with van der Waals surface area (Å²) >= 11 is 0. The Kier molecular flexibility index (Phi) is 2.71. The van der Waals surface area contributed by atoms with Crippen LogP contribution in [0.25, 0.3) is 28.1 Å². The number of hydrogen-bond donors (Lipinski definition) is 0. The Morgan fingerprint density at radius 3 is 2.52 bits per heavy atom. The number of hydrogen-bond acceptors (Lipinski definition) is 2. The molecule has 0 amide bonds. The maximum Gasteiger partial charge on any atom is 0.235 e. The third-order valence-corrected chi connectivity index (χ3v) is 3.84. The second-order valence-corrected chi connectivity index (χ2v) is 5.13. The third kappa shape index (κ3) is 1.98. The molecule has 0 atom stereocenters. The Hall–Kier alpha value is -2.68. The standard InChI is InChI=1S/C18H15N3/c1-2-13-7-9-14(10-8-13)15-11-12-21-17-6-4-3-5-16(17)20-18(21)19-15/h3-12H,2H2,1H3. The highest BCUT2D eigenvalue weighted by Gasteiger charge is 2.06. The number of aryl methyl sites for hydroxylation is 1. The number of nitrogens with zero attached hydrogens (tertiary/aromatic N) is 3. The van der Waals surface area contributed by atoms with Crippen molar-refractivity contribution < 1.29 is 0 Å². The fourth-order valence-corrected chi connectivity index (χ4v) is 2.62. The second-order valence-electron chi connectivity index (χ2n) is 5.13. The molecule has 4 rings (SSSR count). The lowest BCUT2D eigenvalue weighted by atomic mass is 10.1. The van der Waals surface area contributed by atoms with Crippen molar-refractivity contribution in [2.24, 2.45) is 0 Å². The normalized spacial score (nSPS) is 11.3. The van der Waals surface area contributed by atoms with Crippen molar-refractivity contribution in [2.45, 2.75) is 13.3 Å². The summed E-state index contributed by atoms with van der Waals surface area (Å²) in [5.41, 5.74) is 5.49. The monoisotopic (exact) mass is 273 g/mol. The second kappa shape index (κ2) is 4.70. The molecule has 4 aromatic rings. The Labute approximate surface area is 122 Å². The van der Waals surface area contributed by atoms with Gasteiger partial charge in [0.2, 0.25) is 5.78 Å². The lowest BCUT2D eigenvalue weighted by molar-refractivity contribution is 1.13. The van der Waals surface area contributed by atoms with Gasteiger partial charge >= 0.3 is 0 Å². The molecule has 3 nitrogen and oxygen atoms in total. The van der Waals surface area contributed by atoms with Crippen molar-refractivity contribution in [3.63, 3.8) is 0 Å². The highest BCUT2D eigenvalue weighted by molar-refractivity contribution is 5.79. The molecule has 0 saturated carbocycles. The number of rotatable bonds is 2. The highest BCUT2D eigenvalue weighted by atomic mass is 15.1. The smallest absolute Gasteiger partial charge is 0.235 e. The Morgan fingerprint density at radius 2 is 1.71 bits per heavy atom. The maximum atomic E-state index is 4.69. The average molecular weight is 273 g/mol. The zero-order chi connectivity index (χ0) is 14.2. The van der Waals surface area contributed by atoms with Crippen LogP contribution in [0, 0.1) is 0 Å². The lowest BCUT2D eigenvalue weighted by Gasteiger charge is -2.03. The number of fused-ring (bicyclic) bond motifs is 3. The molecule has 2 aromatic carbocycles. The number of benzene rings is 2. The molecule has 102 valence electrons. The summed E-state index contributed by atoms with van der Waals surface area (Å²) in [7, 11) is 0. The molecule has 0 saturated heterocycles. The zero-order valence-electron chi connectivity index (χ0n) is 11.8. The summed E-state index contributed by atoms with van der Waals surface area (Å²) in [6.07, 6.45) is 3.10. The van der Waals surface area contributed by atoms with Gasteiger partial charge in [-0.3, -0.25) is 4.40 Å². The quantitative estimate of drug-likeness (QED) is 0.550. The van der Waals surface area contributed by atoms with Gasteiger partial charge in [-0.1, -0.05) is 43.3 Å². The van der Waals surface area contributed by atoms with Gasteiger partial charge in [-0.2, -0.15) is 0 Å². The van der Waals surface area contributed by atoms with E-state index in [-0.39, 0.29) is 0 Å². The fourth-order valence-electron chi connectivity index (χ4n) is 2.62. The van der Waals surface area contributed by atoms with Crippen molar-refractivity contribution in [3.05, 3.63) is 66.4 Å². The van der Waals surface area contributed by atoms with E-state index in [2.05, 4.69) is 42.2 Å². The summed E-state index contributed by atoms with van der Waals surface area (Å²) < 4.78 is 2.03. The minimum absolute atomic E-state index is 0.744. The van der Waals surface area contributed by atoms with Crippen LogP contribution >= 0.6 is 0 Å². The number of aromatic nitrogens is 3. The molecule has 21 heavy (non-hydrogen) atoms. The van der Waals surface area contributed by atoms with Gasteiger partial charge in [-0.25, -0.2) is 9.97 Å². The molecule has 0 radical (unpaired) electrons. The fraction of sp³-hybridized carbons (Fsp3) is 0.111. The molecule has 0 aliphatic heterocycles. The predicted molar refractivity (Wildman–Crippen MR) is 85.3 cm³/mol. The van der Waals surface area contributed by atoms with Crippen LogP contribution in [0.15, 0.2) is 60.8 Å². The van der Waals surface area contributed by atoms with Crippen LogP contribution in [0.5, 0.6) is 0 Å². The minimum Gasteiger partial charge on any atom is -0.284 e. The van der Waals surface area contributed by atoms with Crippen molar-refractivity contribution in [3.8, 4) is 11.3 Å². The number of para-hydroxylation sites is 2. The van der Waals surface area contributed by atoms with Crippen LogP contribution < -0.4 is 0 Å². The first kappa shape index (κ1) is 12.1. The highest BCUT2D eigenvalue weighted by Crippen LogP contribution is 2.21. The lowest BCUT2D eigenvalue weighted by Crippen LogP contribution is -1.91. The zero-order valence-corrected chi connectivity index (χ0v) is 11.8. The van der Waals surface area contributed by atoms with Gasteiger partial charge in [0.25, 0.3) is 0 Å². The maximum absolute atomic E-state index is 4.69. The Morgan fingerprint density at radius 1 is 0.905 bits per heavy atom. The van der Waals surface area contributed by atoms with Crippen LogP contribution in [0.4, 0.5) is 0 Å². The van der Waals surface area contributed by atoms with E-state index in [1.807, 2.05) is 34.9 Å². The molecule has 0 bridgehead atoms. The SMILES string of the molecule is CCc1ccc(-c2ccn3c(n2)nc2ccccc23)cc1. The molecule has 0 aliphatic rings. The number of imidazole rings is 1. The van der Waals surface area contributed by atoms with E-state index in [1.54, 1.807) is 0 Å². The molecule has 0 fully saturated rings. The van der Waals surface area contributed by atoms with E-state index in [4.69, 9.17) is 4.98 Å². The molecule has 0 N–H and O–H groups in total. The molecule has 0 unspecified atom stereocenters. The van der Waals surface area contributed by atoms with Crippen molar-refractivity contribution >= 4 is 16.8 Å². The summed E-state index contributed by atoms with van der Waals surface area (Å²) in [6.45, 7) is 2.16. The minimum atomic E-state index is 0.744. The first-order valence-corrected chi connectivity index (χ1v) is 7.18. The first-order chi connectivity index (χ1) is 10.3. The average Bonchev–Trinajstić information content (AvgIpc) is 2.92. The summed E-state index contributed by atoms with van der Waals surface area (Å²) in [5, 5.41) is 0. The molecule has 0 spiro atoms. The van der Waals surface area contributed by atoms with Gasteiger partial charge in [0.1, 0.15) is 0 Å². The van der Waals surface area contributed by atoms with Crippen LogP contribution in [0.1, 0.15) is 12.5 Å². The van der Waals surface area contributed by atoms with Crippen LogP contribution in [0.3, 0.4) is 0 Å². The third-order valence-electron chi connectivity index (χ3n) is 3.84. The van der Waals surface area contributed by atoms with E-state index < -0.39 is 0 Å². The van der Waals surface area contributed by atoms with E-state index in [1.165, 1.54) is 5.56 Å². The Balaban J connectivity index is 1.87. The van der Waals surface area contributed by atoms with Crippen LogP contribution in [-0.4, -0.2) is 14.4 Å². The molecular formula is C18H15N3. The van der Waals surface area contributed by atoms with Gasteiger partial charge in [-0.15, -0.1) is 0 Å². The molecule has 3 heteroatoms. The molecule has 2 aromatic heterocycles. The van der Waals surface area contributed by atoms with E-state index in [0.29, 0.717) is 0 Å².